The van der Waals surface area contributed by atoms with E-state index in [1.807, 2.05) is 0 Å². The van der Waals surface area contributed by atoms with Crippen LogP contribution in [-0.2, 0) is 0 Å². The Morgan fingerprint density at radius 3 is 2.63 bits per heavy atom. The Bertz CT molecular complexity index is 457. The van der Waals surface area contributed by atoms with Crippen LogP contribution in [0.4, 0.5) is 0 Å². The Labute approximate surface area is 113 Å². The molecule has 0 aliphatic carbocycles. The fraction of sp³-hybridized carbons (Fsp3) is 0.533. The molecule has 2 N–H and O–H groups in total. The van der Waals surface area contributed by atoms with E-state index in [9.17, 15) is 4.79 Å². The normalized spacial score (nSPS) is 16.0. The zero-order valence-electron chi connectivity index (χ0n) is 11.5. The van der Waals surface area contributed by atoms with Crippen molar-refractivity contribution in [3.05, 3.63) is 23.8 Å². The third kappa shape index (κ3) is 3.47. The smallest absolute Gasteiger partial charge is 0.179 e. The van der Waals surface area contributed by atoms with Crippen LogP contribution in [0.5, 0.6) is 11.5 Å². The Hall–Kier alpha value is -1.55. The number of benzene rings is 1. The molecule has 1 atom stereocenters. The van der Waals surface area contributed by atoms with Crippen LogP contribution in [-0.4, -0.2) is 25.0 Å². The van der Waals surface area contributed by atoms with Crippen molar-refractivity contribution in [2.45, 2.75) is 32.7 Å². The van der Waals surface area contributed by atoms with Crippen molar-refractivity contribution >= 4 is 5.78 Å². The monoisotopic (exact) mass is 263 g/mol. The van der Waals surface area contributed by atoms with Gasteiger partial charge in [-0.05, 0) is 30.5 Å². The number of fused-ring (bicyclic) bond motifs is 1. The summed E-state index contributed by atoms with van der Waals surface area (Å²) in [7, 11) is 0. The molecule has 0 fully saturated rings. The Morgan fingerprint density at radius 1 is 1.26 bits per heavy atom. The van der Waals surface area contributed by atoms with Crippen molar-refractivity contribution < 1.29 is 14.3 Å². The summed E-state index contributed by atoms with van der Waals surface area (Å²) in [5.74, 6) is 1.70. The van der Waals surface area contributed by atoms with Crippen LogP contribution in [0.15, 0.2) is 18.2 Å². The summed E-state index contributed by atoms with van der Waals surface area (Å²) in [6, 6.07) is 4.83. The van der Waals surface area contributed by atoms with E-state index in [1.165, 1.54) is 0 Å². The zero-order chi connectivity index (χ0) is 13.8. The van der Waals surface area contributed by atoms with E-state index in [4.69, 9.17) is 15.2 Å². The number of carbonyl (C=O) groups is 1. The topological polar surface area (TPSA) is 61.6 Å². The minimum Gasteiger partial charge on any atom is -0.490 e. The van der Waals surface area contributed by atoms with Gasteiger partial charge in [0.05, 0.1) is 19.3 Å². The van der Waals surface area contributed by atoms with Gasteiger partial charge >= 0.3 is 0 Å². The second-order valence-corrected chi connectivity index (χ2v) is 5.31. The van der Waals surface area contributed by atoms with Crippen LogP contribution in [0.25, 0.3) is 0 Å². The first kappa shape index (κ1) is 13.9. The van der Waals surface area contributed by atoms with Gasteiger partial charge in [0.15, 0.2) is 17.3 Å². The first-order valence-electron chi connectivity index (χ1n) is 6.77. The highest BCUT2D eigenvalue weighted by Crippen LogP contribution is 2.30. The molecule has 0 saturated carbocycles. The van der Waals surface area contributed by atoms with Gasteiger partial charge in [-0.15, -0.1) is 0 Å². The molecule has 0 aromatic heterocycles. The molecule has 19 heavy (non-hydrogen) atoms. The van der Waals surface area contributed by atoms with Crippen LogP contribution in [0.3, 0.4) is 0 Å². The summed E-state index contributed by atoms with van der Waals surface area (Å²) >= 11 is 0. The molecule has 1 aliphatic rings. The van der Waals surface area contributed by atoms with Crippen LogP contribution in [0.2, 0.25) is 0 Å². The Balaban J connectivity index is 2.17. The number of nitrogens with two attached hydrogens (primary N) is 1. The lowest BCUT2D eigenvalue weighted by atomic mass is 9.96. The van der Waals surface area contributed by atoms with E-state index in [0.29, 0.717) is 42.6 Å². The summed E-state index contributed by atoms with van der Waals surface area (Å²) in [6.45, 7) is 5.37. The summed E-state index contributed by atoms with van der Waals surface area (Å²) in [5, 5.41) is 0. The number of Topliss-reactive ketones (excluding diaryl/α,β-unsaturated/α-hetero) is 1. The Kier molecular flexibility index (Phi) is 4.43. The van der Waals surface area contributed by atoms with Gasteiger partial charge in [-0.25, -0.2) is 0 Å². The lowest BCUT2D eigenvalue weighted by Crippen LogP contribution is -2.31. The van der Waals surface area contributed by atoms with E-state index in [1.54, 1.807) is 18.2 Å². The van der Waals surface area contributed by atoms with E-state index in [2.05, 4.69) is 13.8 Å². The summed E-state index contributed by atoms with van der Waals surface area (Å²) in [6.07, 6.45) is 1.54. The van der Waals surface area contributed by atoms with E-state index in [0.717, 1.165) is 6.42 Å². The number of rotatable bonds is 4. The van der Waals surface area contributed by atoms with Gasteiger partial charge in [-0.3, -0.25) is 4.79 Å². The number of ether oxygens (including phenoxy) is 2. The molecule has 4 nitrogen and oxygen atoms in total. The molecule has 1 aromatic carbocycles. The van der Waals surface area contributed by atoms with Gasteiger partial charge in [-0.1, -0.05) is 13.8 Å². The molecule has 104 valence electrons. The predicted octanol–water partition coefficient (Wildman–Crippen LogP) is 2.40. The van der Waals surface area contributed by atoms with Gasteiger partial charge < -0.3 is 15.2 Å². The quantitative estimate of drug-likeness (QED) is 0.847. The minimum atomic E-state index is -0.454. The van der Waals surface area contributed by atoms with Crippen LogP contribution < -0.4 is 15.2 Å². The fourth-order valence-corrected chi connectivity index (χ4v) is 2.15. The molecule has 0 spiro atoms. The highest BCUT2D eigenvalue weighted by Gasteiger charge is 2.19. The average molecular weight is 263 g/mol. The highest BCUT2D eigenvalue weighted by atomic mass is 16.5. The van der Waals surface area contributed by atoms with Crippen molar-refractivity contribution in [1.29, 1.82) is 0 Å². The number of hydrogen-bond acceptors (Lipinski definition) is 4. The van der Waals surface area contributed by atoms with Crippen LogP contribution >= 0.6 is 0 Å². The molecule has 4 heteroatoms. The minimum absolute atomic E-state index is 0.0376. The average Bonchev–Trinajstić information content (AvgIpc) is 2.61. The maximum absolute atomic E-state index is 12.2. The van der Waals surface area contributed by atoms with Crippen molar-refractivity contribution in [1.82, 2.24) is 0 Å². The van der Waals surface area contributed by atoms with Gasteiger partial charge in [-0.2, -0.15) is 0 Å². The van der Waals surface area contributed by atoms with E-state index in [-0.39, 0.29) is 5.78 Å². The lowest BCUT2D eigenvalue weighted by Gasteiger charge is -2.14. The molecule has 0 saturated heterocycles. The lowest BCUT2D eigenvalue weighted by molar-refractivity contribution is 0.0950. The molecular weight excluding hydrogens is 242 g/mol. The third-order valence-corrected chi connectivity index (χ3v) is 3.09. The summed E-state index contributed by atoms with van der Waals surface area (Å²) < 4.78 is 11.1. The zero-order valence-corrected chi connectivity index (χ0v) is 11.5. The number of carbonyl (C=O) groups excluding carboxylic acids is 1. The number of hydrogen-bond donors (Lipinski definition) is 1. The molecule has 1 unspecified atom stereocenters. The van der Waals surface area contributed by atoms with Crippen molar-refractivity contribution in [3.8, 4) is 11.5 Å². The molecular formula is C15H21NO3. The second kappa shape index (κ2) is 6.06. The van der Waals surface area contributed by atoms with Gasteiger partial charge in [0.25, 0.3) is 0 Å². The maximum Gasteiger partial charge on any atom is 0.179 e. The van der Waals surface area contributed by atoms with E-state index >= 15 is 0 Å². The second-order valence-electron chi connectivity index (χ2n) is 5.31. The molecule has 1 heterocycles. The molecule has 0 radical (unpaired) electrons. The van der Waals surface area contributed by atoms with Crippen molar-refractivity contribution in [3.63, 3.8) is 0 Å². The molecule has 2 rings (SSSR count). The predicted molar refractivity (Wildman–Crippen MR) is 73.8 cm³/mol. The largest absolute Gasteiger partial charge is 0.490 e. The molecule has 0 amide bonds. The summed E-state index contributed by atoms with van der Waals surface area (Å²) in [5.41, 5.74) is 6.53. The van der Waals surface area contributed by atoms with Gasteiger partial charge in [0.2, 0.25) is 0 Å². The van der Waals surface area contributed by atoms with Crippen molar-refractivity contribution in [2.24, 2.45) is 11.7 Å². The fourth-order valence-electron chi connectivity index (χ4n) is 2.15. The first-order chi connectivity index (χ1) is 9.08. The molecule has 0 bridgehead atoms. The maximum atomic E-state index is 12.2. The summed E-state index contributed by atoms with van der Waals surface area (Å²) in [4.78, 5) is 12.2. The molecule has 1 aliphatic heterocycles. The van der Waals surface area contributed by atoms with Crippen LogP contribution in [0, 0.1) is 5.92 Å². The highest BCUT2D eigenvalue weighted by molar-refractivity contribution is 6.00. The Morgan fingerprint density at radius 2 is 1.95 bits per heavy atom. The van der Waals surface area contributed by atoms with Crippen molar-refractivity contribution in [2.75, 3.05) is 13.2 Å². The number of ketones is 1. The van der Waals surface area contributed by atoms with Crippen LogP contribution in [0.1, 0.15) is 37.0 Å². The molecule has 1 aromatic rings. The first-order valence-corrected chi connectivity index (χ1v) is 6.77. The standard InChI is InChI=1S/C15H21NO3/c1-10(2)8-12(16)15(17)11-4-5-13-14(9-11)19-7-3-6-18-13/h4-5,9-10,12H,3,6-8,16H2,1-2H3. The van der Waals surface area contributed by atoms with Gasteiger partial charge in [0.1, 0.15) is 0 Å². The van der Waals surface area contributed by atoms with Gasteiger partial charge in [0, 0.05) is 12.0 Å². The SMILES string of the molecule is CC(C)CC(N)C(=O)c1ccc2c(c1)OCCCO2. The third-order valence-electron chi connectivity index (χ3n) is 3.09. The van der Waals surface area contributed by atoms with E-state index < -0.39 is 6.04 Å².